The molecule has 1 N–H and O–H groups in total. The maximum absolute atomic E-state index is 13.2. The van der Waals surface area contributed by atoms with Crippen LogP contribution in [-0.4, -0.2) is 40.0 Å². The third-order valence-electron chi connectivity index (χ3n) is 5.19. The molecule has 2 aliphatic rings. The van der Waals surface area contributed by atoms with E-state index in [1.807, 2.05) is 24.3 Å². The number of carboxylic acid groups (broad SMARTS) is 1. The van der Waals surface area contributed by atoms with Gasteiger partial charge >= 0.3 is 5.97 Å². The normalized spacial score (nSPS) is 20.2. The molecule has 5 nitrogen and oxygen atoms in total. The molecule has 1 aromatic carbocycles. The van der Waals surface area contributed by atoms with Crippen molar-refractivity contribution >= 4 is 22.8 Å². The summed E-state index contributed by atoms with van der Waals surface area (Å²) in [6.45, 7) is 0.938. The fraction of sp³-hybridized carbons (Fsp3) is 0.421. The molecular weight excluding hydrogens is 304 g/mol. The Morgan fingerprint density at radius 1 is 1.17 bits per heavy atom. The van der Waals surface area contributed by atoms with Crippen molar-refractivity contribution in [3.63, 3.8) is 0 Å². The third kappa shape index (κ3) is 2.44. The number of carbonyl (C=O) groups excluding carboxylic acids is 1. The Kier molecular flexibility index (Phi) is 3.71. The van der Waals surface area contributed by atoms with Crippen LogP contribution in [0.2, 0.25) is 0 Å². The Bertz CT molecular complexity index is 831. The predicted octanol–water partition coefficient (Wildman–Crippen LogP) is 2.66. The minimum atomic E-state index is -0.808. The lowest BCUT2D eigenvalue weighted by Crippen LogP contribution is -2.42. The van der Waals surface area contributed by atoms with E-state index in [0.717, 1.165) is 53.4 Å². The minimum absolute atomic E-state index is 0.0299. The lowest BCUT2D eigenvalue weighted by atomic mass is 9.95. The van der Waals surface area contributed by atoms with Crippen LogP contribution in [0.3, 0.4) is 0 Å². The van der Waals surface area contributed by atoms with Gasteiger partial charge in [-0.05, 0) is 43.7 Å². The monoisotopic (exact) mass is 324 g/mol. The van der Waals surface area contributed by atoms with Gasteiger partial charge < -0.3 is 10.0 Å². The largest absolute Gasteiger partial charge is 0.481 e. The second kappa shape index (κ2) is 5.89. The smallest absolute Gasteiger partial charge is 0.308 e. The van der Waals surface area contributed by atoms with E-state index < -0.39 is 11.9 Å². The van der Waals surface area contributed by atoms with Crippen molar-refractivity contribution in [2.24, 2.45) is 5.92 Å². The van der Waals surface area contributed by atoms with Gasteiger partial charge in [0.15, 0.2) is 0 Å². The molecule has 1 aromatic heterocycles. The van der Waals surface area contributed by atoms with Crippen LogP contribution in [0.5, 0.6) is 0 Å². The van der Waals surface area contributed by atoms with Crippen LogP contribution < -0.4 is 0 Å². The summed E-state index contributed by atoms with van der Waals surface area (Å²) in [6, 6.07) is 7.76. The SMILES string of the molecule is O=C(O)[C@H]1CCCN(C(=O)c2c3c(nc4ccccc24)CCC3)C1. The second-order valence-electron chi connectivity index (χ2n) is 6.71. The Morgan fingerprint density at radius 2 is 2.00 bits per heavy atom. The van der Waals surface area contributed by atoms with Crippen molar-refractivity contribution in [2.75, 3.05) is 13.1 Å². The summed E-state index contributed by atoms with van der Waals surface area (Å²) >= 11 is 0. The van der Waals surface area contributed by atoms with E-state index in [0.29, 0.717) is 19.5 Å². The second-order valence-corrected chi connectivity index (χ2v) is 6.71. The number of pyridine rings is 1. The Morgan fingerprint density at radius 3 is 2.83 bits per heavy atom. The van der Waals surface area contributed by atoms with E-state index in [1.54, 1.807) is 4.90 Å². The lowest BCUT2D eigenvalue weighted by Gasteiger charge is -2.31. The van der Waals surface area contributed by atoms with Gasteiger partial charge in [-0.15, -0.1) is 0 Å². The van der Waals surface area contributed by atoms with Crippen LogP contribution in [0.25, 0.3) is 10.9 Å². The zero-order valence-corrected chi connectivity index (χ0v) is 13.5. The summed E-state index contributed by atoms with van der Waals surface area (Å²) in [6.07, 6.45) is 4.21. The van der Waals surface area contributed by atoms with E-state index in [4.69, 9.17) is 4.98 Å². The number of amides is 1. The van der Waals surface area contributed by atoms with E-state index in [9.17, 15) is 14.7 Å². The topological polar surface area (TPSA) is 70.5 Å². The first kappa shape index (κ1) is 15.1. The highest BCUT2D eigenvalue weighted by atomic mass is 16.4. The molecular formula is C19H20N2O3. The molecule has 1 fully saturated rings. The molecule has 0 spiro atoms. The number of carbonyl (C=O) groups is 2. The van der Waals surface area contributed by atoms with Crippen molar-refractivity contribution in [3.8, 4) is 0 Å². The fourth-order valence-electron chi connectivity index (χ4n) is 3.98. The fourth-order valence-corrected chi connectivity index (χ4v) is 3.98. The van der Waals surface area contributed by atoms with Gasteiger partial charge in [-0.2, -0.15) is 0 Å². The summed E-state index contributed by atoms with van der Waals surface area (Å²) in [5.74, 6) is -1.29. The van der Waals surface area contributed by atoms with Gasteiger partial charge in [-0.3, -0.25) is 14.6 Å². The summed E-state index contributed by atoms with van der Waals surface area (Å²) in [5, 5.41) is 10.2. The number of likely N-dealkylation sites (tertiary alicyclic amines) is 1. The van der Waals surface area contributed by atoms with Gasteiger partial charge in [0.05, 0.1) is 17.0 Å². The average Bonchev–Trinajstić information content (AvgIpc) is 3.07. The Balaban J connectivity index is 1.78. The highest BCUT2D eigenvalue weighted by Gasteiger charge is 2.32. The number of piperidine rings is 1. The van der Waals surface area contributed by atoms with Gasteiger partial charge in [0.2, 0.25) is 0 Å². The lowest BCUT2D eigenvalue weighted by molar-refractivity contribution is -0.143. The first-order valence-electron chi connectivity index (χ1n) is 8.57. The molecule has 0 radical (unpaired) electrons. The van der Waals surface area contributed by atoms with Crippen LogP contribution >= 0.6 is 0 Å². The highest BCUT2D eigenvalue weighted by Crippen LogP contribution is 2.31. The van der Waals surface area contributed by atoms with Crippen LogP contribution in [-0.2, 0) is 17.6 Å². The van der Waals surface area contributed by atoms with Gasteiger partial charge in [-0.25, -0.2) is 0 Å². The van der Waals surface area contributed by atoms with Gasteiger partial charge in [0, 0.05) is 24.2 Å². The number of carboxylic acids is 1. The van der Waals surface area contributed by atoms with Crippen molar-refractivity contribution in [2.45, 2.75) is 32.1 Å². The van der Waals surface area contributed by atoms with E-state index in [-0.39, 0.29) is 5.91 Å². The average molecular weight is 324 g/mol. The molecule has 1 amide bonds. The predicted molar refractivity (Wildman–Crippen MR) is 90.0 cm³/mol. The third-order valence-corrected chi connectivity index (χ3v) is 5.19. The maximum atomic E-state index is 13.2. The number of para-hydroxylation sites is 1. The summed E-state index contributed by atoms with van der Waals surface area (Å²) < 4.78 is 0. The first-order valence-corrected chi connectivity index (χ1v) is 8.57. The van der Waals surface area contributed by atoms with Crippen molar-refractivity contribution < 1.29 is 14.7 Å². The zero-order valence-electron chi connectivity index (χ0n) is 13.5. The maximum Gasteiger partial charge on any atom is 0.308 e. The highest BCUT2D eigenvalue weighted by molar-refractivity contribution is 6.08. The number of hydrogen-bond donors (Lipinski definition) is 1. The van der Waals surface area contributed by atoms with Crippen molar-refractivity contribution in [3.05, 3.63) is 41.1 Å². The van der Waals surface area contributed by atoms with Crippen molar-refractivity contribution in [1.29, 1.82) is 0 Å². The van der Waals surface area contributed by atoms with Crippen molar-refractivity contribution in [1.82, 2.24) is 9.88 Å². The molecule has 124 valence electrons. The molecule has 2 heterocycles. The van der Waals surface area contributed by atoms with E-state index in [2.05, 4.69) is 0 Å². The number of fused-ring (bicyclic) bond motifs is 2. The van der Waals surface area contributed by atoms with Crippen LogP contribution in [0.1, 0.15) is 40.9 Å². The number of nitrogens with zero attached hydrogens (tertiary/aromatic N) is 2. The first-order chi connectivity index (χ1) is 11.6. The molecule has 1 saturated heterocycles. The van der Waals surface area contributed by atoms with Gasteiger partial charge in [0.1, 0.15) is 0 Å². The molecule has 1 aliphatic carbocycles. The molecule has 1 atom stereocenters. The molecule has 2 aromatic rings. The molecule has 0 saturated carbocycles. The summed E-state index contributed by atoms with van der Waals surface area (Å²) in [7, 11) is 0. The minimum Gasteiger partial charge on any atom is -0.481 e. The standard InChI is InChI=1S/C19H20N2O3/c22-18(21-10-4-5-12(11-21)19(23)24)17-13-6-1-2-8-15(13)20-16-9-3-7-14(16)17/h1-2,6,8,12H,3-5,7,9-11H2,(H,23,24)/t12-/m0/s1. The van der Waals surface area contributed by atoms with Crippen LogP contribution in [0.4, 0.5) is 0 Å². The Hall–Kier alpha value is -2.43. The number of hydrogen-bond acceptors (Lipinski definition) is 3. The summed E-state index contributed by atoms with van der Waals surface area (Å²) in [4.78, 5) is 31.0. The quantitative estimate of drug-likeness (QED) is 0.922. The number of aliphatic carboxylic acids is 1. The van der Waals surface area contributed by atoms with Gasteiger partial charge in [-0.1, -0.05) is 18.2 Å². The van der Waals surface area contributed by atoms with Gasteiger partial charge in [0.25, 0.3) is 5.91 Å². The number of aryl methyl sites for hydroxylation is 1. The molecule has 0 bridgehead atoms. The molecule has 24 heavy (non-hydrogen) atoms. The number of aromatic nitrogens is 1. The molecule has 5 heteroatoms. The van der Waals surface area contributed by atoms with Crippen LogP contribution in [0, 0.1) is 5.92 Å². The number of benzene rings is 1. The van der Waals surface area contributed by atoms with E-state index >= 15 is 0 Å². The molecule has 4 rings (SSSR count). The zero-order chi connectivity index (χ0) is 16.7. The molecule has 0 unspecified atom stereocenters. The van der Waals surface area contributed by atoms with E-state index in [1.165, 1.54) is 0 Å². The summed E-state index contributed by atoms with van der Waals surface area (Å²) in [5.41, 5.74) is 3.70. The Labute approximate surface area is 140 Å². The number of rotatable bonds is 2. The van der Waals surface area contributed by atoms with Crippen LogP contribution in [0.15, 0.2) is 24.3 Å². The molecule has 1 aliphatic heterocycles.